The number of likely N-dealkylation sites (tertiary alicyclic amines) is 2. The molecule has 2 saturated heterocycles. The van der Waals surface area contributed by atoms with E-state index in [1.54, 1.807) is 56.5 Å². The van der Waals surface area contributed by atoms with Gasteiger partial charge >= 0.3 is 18.4 Å². The van der Waals surface area contributed by atoms with Gasteiger partial charge < -0.3 is 33.8 Å². The van der Waals surface area contributed by atoms with Crippen LogP contribution in [-0.4, -0.2) is 126 Å². The monoisotopic (exact) mass is 984 g/mol. The second kappa shape index (κ2) is 22.4. The van der Waals surface area contributed by atoms with Crippen molar-refractivity contribution in [2.24, 2.45) is 10.8 Å². The summed E-state index contributed by atoms with van der Waals surface area (Å²) in [5, 5.41) is 0. The molecule has 0 N–H and O–H groups in total. The summed E-state index contributed by atoms with van der Waals surface area (Å²) in [6.07, 6.45) is -5.83. The molecular formula is C52H66F6N6O6. The molecule has 0 radical (unpaired) electrons. The average molecular weight is 985 g/mol. The van der Waals surface area contributed by atoms with Gasteiger partial charge in [-0.25, -0.2) is 14.8 Å². The number of benzene rings is 2. The molecule has 4 heterocycles. The van der Waals surface area contributed by atoms with Crippen LogP contribution in [0.2, 0.25) is 0 Å². The quantitative estimate of drug-likeness (QED) is 0.128. The van der Waals surface area contributed by atoms with Crippen LogP contribution in [0.25, 0.3) is 0 Å². The largest absolute Gasteiger partial charge is 0.476 e. The van der Waals surface area contributed by atoms with Crippen LogP contribution in [0, 0.1) is 10.8 Å². The highest BCUT2D eigenvalue weighted by Crippen LogP contribution is 2.39. The Morgan fingerprint density at radius 1 is 0.600 bits per heavy atom. The topological polar surface area (TPSA) is 118 Å². The summed E-state index contributed by atoms with van der Waals surface area (Å²) in [6.45, 7) is 14.0. The molecule has 382 valence electrons. The minimum atomic E-state index is -4.63. The first-order valence-electron chi connectivity index (χ1n) is 23.2. The number of hydrogen-bond donors (Lipinski definition) is 0. The number of pyridine rings is 2. The predicted octanol–water partition coefficient (Wildman–Crippen LogP) is 10.2. The summed E-state index contributed by atoms with van der Waals surface area (Å²) < 4.78 is 96.2. The van der Waals surface area contributed by atoms with E-state index in [0.717, 1.165) is 37.2 Å². The van der Waals surface area contributed by atoms with Crippen molar-refractivity contribution >= 4 is 17.9 Å². The van der Waals surface area contributed by atoms with E-state index in [1.807, 2.05) is 69.3 Å². The summed E-state index contributed by atoms with van der Waals surface area (Å²) in [5.74, 6) is -1.55. The van der Waals surface area contributed by atoms with Crippen molar-refractivity contribution in [2.45, 2.75) is 103 Å². The van der Waals surface area contributed by atoms with Gasteiger partial charge in [0.15, 0.2) is 0 Å². The van der Waals surface area contributed by atoms with Crippen molar-refractivity contribution < 1.29 is 54.9 Å². The van der Waals surface area contributed by atoms with E-state index in [9.17, 15) is 40.7 Å². The lowest BCUT2D eigenvalue weighted by Crippen LogP contribution is -2.55. The maximum absolute atomic E-state index is 13.6. The van der Waals surface area contributed by atoms with Crippen molar-refractivity contribution in [2.75, 3.05) is 60.5 Å². The van der Waals surface area contributed by atoms with E-state index < -0.39 is 57.8 Å². The lowest BCUT2D eigenvalue weighted by molar-refractivity contribution is -0.146. The van der Waals surface area contributed by atoms with Gasteiger partial charge in [0.05, 0.1) is 10.8 Å². The third-order valence-electron chi connectivity index (χ3n) is 12.5. The zero-order chi connectivity index (χ0) is 51.8. The molecule has 12 nitrogen and oxygen atoms in total. The molecule has 2 aromatic carbocycles. The molecule has 4 aromatic rings. The van der Waals surface area contributed by atoms with Crippen LogP contribution in [0.1, 0.15) is 95.4 Å². The number of piperidine rings is 2. The number of aromatic nitrogens is 2. The number of ether oxygens (including phenoxy) is 3. The summed E-state index contributed by atoms with van der Waals surface area (Å²) in [7, 11) is 5.53. The van der Waals surface area contributed by atoms with Crippen molar-refractivity contribution in [1.29, 1.82) is 0 Å². The van der Waals surface area contributed by atoms with Crippen LogP contribution >= 0.6 is 0 Å². The van der Waals surface area contributed by atoms with Crippen LogP contribution in [0.3, 0.4) is 0 Å². The maximum atomic E-state index is 13.6. The zero-order valence-electron chi connectivity index (χ0n) is 41.6. The van der Waals surface area contributed by atoms with Gasteiger partial charge in [-0.3, -0.25) is 9.59 Å². The van der Waals surface area contributed by atoms with Gasteiger partial charge in [0, 0.05) is 70.0 Å². The first-order valence-corrected chi connectivity index (χ1v) is 23.2. The molecule has 3 amide bonds. The third kappa shape index (κ3) is 14.3. The first-order chi connectivity index (χ1) is 32.6. The average Bonchev–Trinajstić information content (AvgIpc) is 3.31. The minimum absolute atomic E-state index is 0.0130. The fraction of sp³-hybridized carbons (Fsp3) is 0.519. The van der Waals surface area contributed by atoms with E-state index in [4.69, 9.17) is 14.2 Å². The maximum Gasteiger partial charge on any atom is 0.421 e. The number of nitrogens with zero attached hydrogens (tertiary/aromatic N) is 6. The van der Waals surface area contributed by atoms with Crippen LogP contribution in [-0.2, 0) is 26.7 Å². The lowest BCUT2D eigenvalue weighted by Gasteiger charge is -2.44. The number of carbonyl (C=O) groups excluding carboxylic acids is 3. The molecule has 0 spiro atoms. The third-order valence-corrected chi connectivity index (χ3v) is 12.5. The first kappa shape index (κ1) is 55.0. The highest BCUT2D eigenvalue weighted by Gasteiger charge is 2.44. The van der Waals surface area contributed by atoms with E-state index >= 15 is 0 Å². The van der Waals surface area contributed by atoms with E-state index in [2.05, 4.69) is 34.0 Å². The van der Waals surface area contributed by atoms with Gasteiger partial charge in [-0.05, 0) is 110 Å². The fourth-order valence-corrected chi connectivity index (χ4v) is 8.84. The molecule has 0 bridgehead atoms. The lowest BCUT2D eigenvalue weighted by atomic mass is 9.83. The number of amides is 3. The highest BCUT2D eigenvalue weighted by molar-refractivity contribution is 5.83. The summed E-state index contributed by atoms with van der Waals surface area (Å²) in [6, 6.07) is 23.7. The number of carbonyl (C=O) groups is 3. The van der Waals surface area contributed by atoms with Crippen molar-refractivity contribution in [3.05, 3.63) is 120 Å². The second-order valence-electron chi connectivity index (χ2n) is 20.3. The van der Waals surface area contributed by atoms with Gasteiger partial charge in [-0.1, -0.05) is 60.7 Å². The fourth-order valence-electron chi connectivity index (χ4n) is 8.84. The Morgan fingerprint density at radius 3 is 1.40 bits per heavy atom. The Labute approximate surface area is 407 Å². The Balaban J connectivity index is 0.000000265. The Bertz CT molecular complexity index is 2360. The molecule has 2 aliphatic rings. The molecule has 18 heteroatoms. The predicted molar refractivity (Wildman–Crippen MR) is 253 cm³/mol. The normalized spacial score (nSPS) is 19.3. The molecule has 4 atom stereocenters. The molecule has 70 heavy (non-hydrogen) atoms. The molecule has 2 fully saturated rings. The van der Waals surface area contributed by atoms with E-state index in [0.29, 0.717) is 19.5 Å². The Hall–Kier alpha value is -5.91. The second-order valence-corrected chi connectivity index (χ2v) is 20.3. The molecular weight excluding hydrogens is 919 g/mol. The Kier molecular flexibility index (Phi) is 17.6. The molecule has 0 unspecified atom stereocenters. The molecule has 0 aliphatic carbocycles. The molecule has 6 rings (SSSR count). The number of alkyl halides is 6. The Morgan fingerprint density at radius 2 is 1.00 bits per heavy atom. The smallest absolute Gasteiger partial charge is 0.421 e. The van der Waals surface area contributed by atoms with Crippen molar-refractivity contribution in [1.82, 2.24) is 29.6 Å². The number of likely N-dealkylation sites (N-methyl/N-ethyl adjacent to an activating group) is 3. The minimum Gasteiger partial charge on any atom is -0.476 e. The van der Waals surface area contributed by atoms with E-state index in [1.165, 1.54) is 30.1 Å². The zero-order valence-corrected chi connectivity index (χ0v) is 41.6. The van der Waals surface area contributed by atoms with Crippen LogP contribution in [0.5, 0.6) is 11.8 Å². The SMILES string of the molecule is CN(C(=O)C(C)(C)COc1ncccc1C(F)(F)F)[C@H]1CCN(C(=O)OC(C)(C)C)C[C@@H]1c1ccccc1.CN1CC[C@@H](N(C)C(=O)C(C)(C)COc2ncccc2C(F)(F)F)[C@H](c2ccccc2)C1. The number of hydrogen-bond acceptors (Lipinski definition) is 9. The molecule has 2 aromatic heterocycles. The standard InChI is InChI=1S/C28H36F3N3O4.C24H30F3N3O2/c1-26(2,3)38-25(36)34-16-14-22(20(17-34)19-11-8-7-9-12-19)33(6)24(35)27(4,5)18-37-23-21(28(29,30)31)13-10-15-32-23;1-23(2,16-32-21-19(24(25,26)27)11-8-13-28-21)22(31)30(4)20-12-14-29(3)15-18(20)17-9-6-5-7-10-17/h7-13,15,20,22H,14,16-18H2,1-6H3;5-11,13,18,20H,12,14-16H2,1-4H3/t20-,22+;18-,20+/m10/s1. The van der Waals surface area contributed by atoms with Gasteiger partial charge in [0.25, 0.3) is 0 Å². The highest BCUT2D eigenvalue weighted by atomic mass is 19.4. The van der Waals surface area contributed by atoms with Gasteiger partial charge in [-0.15, -0.1) is 0 Å². The molecule has 0 saturated carbocycles. The van der Waals surface area contributed by atoms with Crippen LogP contribution in [0.4, 0.5) is 31.1 Å². The summed E-state index contributed by atoms with van der Waals surface area (Å²) in [5.41, 5.74) is -2.60. The van der Waals surface area contributed by atoms with Crippen molar-refractivity contribution in [3.8, 4) is 11.8 Å². The van der Waals surface area contributed by atoms with E-state index in [-0.39, 0.29) is 48.9 Å². The number of halogens is 6. The summed E-state index contributed by atoms with van der Waals surface area (Å²) in [4.78, 5) is 54.6. The van der Waals surface area contributed by atoms with Gasteiger partial charge in [0.1, 0.15) is 29.9 Å². The molecule has 2 aliphatic heterocycles. The van der Waals surface area contributed by atoms with Crippen LogP contribution < -0.4 is 9.47 Å². The van der Waals surface area contributed by atoms with Gasteiger partial charge in [-0.2, -0.15) is 26.3 Å². The number of rotatable bonds is 12. The van der Waals surface area contributed by atoms with Gasteiger partial charge in [0.2, 0.25) is 23.6 Å². The summed E-state index contributed by atoms with van der Waals surface area (Å²) >= 11 is 0. The van der Waals surface area contributed by atoms with Crippen molar-refractivity contribution in [3.63, 3.8) is 0 Å². The van der Waals surface area contributed by atoms with Crippen LogP contribution in [0.15, 0.2) is 97.3 Å².